The average molecular weight is 204 g/mol. The quantitative estimate of drug-likeness (QED) is 0.663. The molecule has 13 heavy (non-hydrogen) atoms. The van der Waals surface area contributed by atoms with E-state index >= 15 is 0 Å². The Labute approximate surface area is 77.2 Å². The maximum atomic E-state index is 11.2. The Morgan fingerprint density at radius 2 is 2.08 bits per heavy atom. The predicted octanol–water partition coefficient (Wildman–Crippen LogP) is 0.452. The second-order valence-corrected chi connectivity index (χ2v) is 5.51. The Hall–Kier alpha value is -0.840. The zero-order valence-electron chi connectivity index (χ0n) is 7.19. The summed E-state index contributed by atoms with van der Waals surface area (Å²) in [7, 11) is -3.03. The van der Waals surface area contributed by atoms with E-state index in [9.17, 15) is 13.2 Å². The molecule has 1 unspecified atom stereocenters. The predicted molar refractivity (Wildman–Crippen MR) is 48.2 cm³/mol. The Kier molecular flexibility index (Phi) is 2.75. The summed E-state index contributed by atoms with van der Waals surface area (Å²) in [5.41, 5.74) is 0.0169. The van der Waals surface area contributed by atoms with Crippen molar-refractivity contribution in [2.75, 3.05) is 11.5 Å². The Balaban J connectivity index is 2.73. The first-order valence-corrected chi connectivity index (χ1v) is 5.87. The first kappa shape index (κ1) is 10.2. The molecule has 0 aromatic carbocycles. The molecule has 0 spiro atoms. The normalized spacial score (nSPS) is 26.6. The van der Waals surface area contributed by atoms with Gasteiger partial charge < -0.3 is 5.11 Å². The fourth-order valence-corrected chi connectivity index (χ4v) is 3.23. The highest BCUT2D eigenvalue weighted by Crippen LogP contribution is 2.24. The lowest BCUT2D eigenvalue weighted by atomic mass is 9.97. The van der Waals surface area contributed by atoms with Crippen molar-refractivity contribution in [1.82, 2.24) is 0 Å². The highest BCUT2D eigenvalue weighted by Gasteiger charge is 2.28. The van der Waals surface area contributed by atoms with Crippen molar-refractivity contribution in [3.05, 3.63) is 12.2 Å². The largest absolute Gasteiger partial charge is 0.478 e. The van der Waals surface area contributed by atoms with Crippen LogP contribution in [0.5, 0.6) is 0 Å². The zero-order chi connectivity index (χ0) is 10.1. The first-order valence-electron chi connectivity index (χ1n) is 4.05. The van der Waals surface area contributed by atoms with Crippen LogP contribution in [-0.2, 0) is 14.6 Å². The minimum atomic E-state index is -3.03. The van der Waals surface area contributed by atoms with Crippen LogP contribution in [0.15, 0.2) is 12.2 Å². The van der Waals surface area contributed by atoms with Gasteiger partial charge in [-0.3, -0.25) is 0 Å². The van der Waals surface area contributed by atoms with Crippen molar-refractivity contribution in [2.45, 2.75) is 12.8 Å². The number of carboxylic acid groups (broad SMARTS) is 1. The summed E-state index contributed by atoms with van der Waals surface area (Å²) in [6, 6.07) is 0. The van der Waals surface area contributed by atoms with Gasteiger partial charge in [-0.05, 0) is 12.8 Å². The number of hydrogen-bond acceptors (Lipinski definition) is 3. The van der Waals surface area contributed by atoms with Crippen molar-refractivity contribution >= 4 is 15.8 Å². The van der Waals surface area contributed by atoms with Crippen LogP contribution in [0.25, 0.3) is 0 Å². The van der Waals surface area contributed by atoms with Crippen LogP contribution >= 0.6 is 0 Å². The Morgan fingerprint density at radius 1 is 1.46 bits per heavy atom. The van der Waals surface area contributed by atoms with Gasteiger partial charge in [0.05, 0.1) is 11.5 Å². The minimum Gasteiger partial charge on any atom is -0.478 e. The molecule has 1 saturated heterocycles. The van der Waals surface area contributed by atoms with Crippen LogP contribution in [-0.4, -0.2) is 31.0 Å². The summed E-state index contributed by atoms with van der Waals surface area (Å²) in [5.74, 6) is -1.37. The van der Waals surface area contributed by atoms with Crippen molar-refractivity contribution in [1.29, 1.82) is 0 Å². The number of carbonyl (C=O) groups is 1. The van der Waals surface area contributed by atoms with E-state index in [0.717, 1.165) is 0 Å². The van der Waals surface area contributed by atoms with Gasteiger partial charge >= 0.3 is 5.97 Å². The number of aliphatic carboxylic acids is 1. The molecule has 1 aliphatic rings. The van der Waals surface area contributed by atoms with Crippen LogP contribution in [0.1, 0.15) is 12.8 Å². The van der Waals surface area contributed by atoms with Crippen LogP contribution in [0.4, 0.5) is 0 Å². The highest BCUT2D eigenvalue weighted by atomic mass is 32.2. The van der Waals surface area contributed by atoms with E-state index in [1.54, 1.807) is 0 Å². The Bertz CT molecular complexity index is 328. The van der Waals surface area contributed by atoms with E-state index in [1.165, 1.54) is 0 Å². The molecule has 4 nitrogen and oxygen atoms in total. The maximum Gasteiger partial charge on any atom is 0.331 e. The molecule has 1 heterocycles. The van der Waals surface area contributed by atoms with Gasteiger partial charge in [0.15, 0.2) is 9.84 Å². The van der Waals surface area contributed by atoms with Crippen molar-refractivity contribution < 1.29 is 18.3 Å². The van der Waals surface area contributed by atoms with E-state index in [1.807, 2.05) is 0 Å². The molecule has 5 heteroatoms. The molecule has 1 aliphatic heterocycles. The lowest BCUT2D eigenvalue weighted by molar-refractivity contribution is -0.133. The summed E-state index contributed by atoms with van der Waals surface area (Å²) in [6.45, 7) is 3.38. The number of hydrogen-bond donors (Lipinski definition) is 1. The zero-order valence-corrected chi connectivity index (χ0v) is 8.01. The van der Waals surface area contributed by atoms with Crippen molar-refractivity contribution in [2.24, 2.45) is 5.92 Å². The van der Waals surface area contributed by atoms with Gasteiger partial charge in [0.25, 0.3) is 0 Å². The Morgan fingerprint density at radius 3 is 2.54 bits per heavy atom. The lowest BCUT2D eigenvalue weighted by Gasteiger charge is -2.21. The molecule has 1 atom stereocenters. The topological polar surface area (TPSA) is 71.4 Å². The number of carboxylic acids is 1. The molecular formula is C8H12O4S. The SMILES string of the molecule is C=C(C(=O)O)C1CCCS(=O)(=O)C1. The molecular weight excluding hydrogens is 192 g/mol. The van der Waals surface area contributed by atoms with Crippen molar-refractivity contribution in [3.8, 4) is 0 Å². The van der Waals surface area contributed by atoms with Crippen LogP contribution in [0.2, 0.25) is 0 Å². The molecule has 0 saturated carbocycles. The second-order valence-electron chi connectivity index (χ2n) is 3.28. The lowest BCUT2D eigenvalue weighted by Crippen LogP contribution is -2.28. The molecule has 1 fully saturated rings. The fraction of sp³-hybridized carbons (Fsp3) is 0.625. The molecule has 0 radical (unpaired) electrons. The summed E-state index contributed by atoms with van der Waals surface area (Å²) in [5, 5.41) is 8.61. The molecule has 74 valence electrons. The van der Waals surface area contributed by atoms with Crippen LogP contribution in [0, 0.1) is 5.92 Å². The molecule has 0 amide bonds. The molecule has 0 bridgehead atoms. The van der Waals surface area contributed by atoms with Gasteiger partial charge in [-0.25, -0.2) is 13.2 Å². The third kappa shape index (κ3) is 2.55. The minimum absolute atomic E-state index is 0.0169. The molecule has 0 aromatic heterocycles. The van der Waals surface area contributed by atoms with E-state index in [-0.39, 0.29) is 17.1 Å². The first-order chi connectivity index (χ1) is 5.92. The monoisotopic (exact) mass is 204 g/mol. The average Bonchev–Trinajstić information content (AvgIpc) is 2.01. The van der Waals surface area contributed by atoms with Crippen LogP contribution < -0.4 is 0 Å². The van der Waals surface area contributed by atoms with Gasteiger partial charge in [0, 0.05) is 11.5 Å². The number of rotatable bonds is 2. The third-order valence-corrected chi connectivity index (χ3v) is 4.05. The van der Waals surface area contributed by atoms with Gasteiger partial charge in [0.1, 0.15) is 0 Å². The van der Waals surface area contributed by atoms with E-state index < -0.39 is 21.7 Å². The third-order valence-electron chi connectivity index (χ3n) is 2.23. The van der Waals surface area contributed by atoms with Gasteiger partial charge in [-0.15, -0.1) is 0 Å². The summed E-state index contributed by atoms with van der Waals surface area (Å²) >= 11 is 0. The molecule has 0 aliphatic carbocycles. The molecule has 1 rings (SSSR count). The van der Waals surface area contributed by atoms with Gasteiger partial charge in [0.2, 0.25) is 0 Å². The second kappa shape index (κ2) is 3.49. The fourth-order valence-electron chi connectivity index (χ4n) is 1.47. The number of sulfone groups is 1. The highest BCUT2D eigenvalue weighted by molar-refractivity contribution is 7.91. The summed E-state index contributed by atoms with van der Waals surface area (Å²) < 4.78 is 22.3. The smallest absolute Gasteiger partial charge is 0.331 e. The molecule has 1 N–H and O–H groups in total. The van der Waals surface area contributed by atoms with E-state index in [2.05, 4.69) is 6.58 Å². The van der Waals surface area contributed by atoms with Crippen molar-refractivity contribution in [3.63, 3.8) is 0 Å². The molecule has 0 aromatic rings. The maximum absolute atomic E-state index is 11.2. The van der Waals surface area contributed by atoms with E-state index in [0.29, 0.717) is 12.8 Å². The van der Waals surface area contributed by atoms with Crippen LogP contribution in [0.3, 0.4) is 0 Å². The van der Waals surface area contributed by atoms with Gasteiger partial charge in [-0.1, -0.05) is 6.58 Å². The standard InChI is InChI=1S/C8H12O4S/c1-6(8(9)10)7-3-2-4-13(11,12)5-7/h7H,1-5H2,(H,9,10). The summed E-state index contributed by atoms with van der Waals surface area (Å²) in [4.78, 5) is 10.5. The van der Waals surface area contributed by atoms with E-state index in [4.69, 9.17) is 5.11 Å². The van der Waals surface area contributed by atoms with Gasteiger partial charge in [-0.2, -0.15) is 0 Å². The summed E-state index contributed by atoms with van der Waals surface area (Å²) in [6.07, 6.45) is 1.16.